The molecule has 2 rings (SSSR count). The third kappa shape index (κ3) is 2.22. The van der Waals surface area contributed by atoms with Crippen molar-refractivity contribution in [2.45, 2.75) is 6.42 Å². The van der Waals surface area contributed by atoms with Gasteiger partial charge in [-0.3, -0.25) is 9.78 Å². The Morgan fingerprint density at radius 3 is 2.93 bits per heavy atom. The van der Waals surface area contributed by atoms with Crippen molar-refractivity contribution in [3.8, 4) is 0 Å². The van der Waals surface area contributed by atoms with Gasteiger partial charge in [0, 0.05) is 0 Å². The summed E-state index contributed by atoms with van der Waals surface area (Å²) in [5.41, 5.74) is 2.00. The molecule has 1 N–H and O–H groups in total. The topological polar surface area (TPSA) is 63.1 Å². The first kappa shape index (κ1) is 9.86. The van der Waals surface area contributed by atoms with Gasteiger partial charge < -0.3 is 5.11 Å². The van der Waals surface area contributed by atoms with Crippen molar-refractivity contribution in [1.29, 1.82) is 0 Å². The highest BCUT2D eigenvalue weighted by atomic mass is 35.5. The van der Waals surface area contributed by atoms with Gasteiger partial charge in [-0.05, 0) is 17.7 Å². The Balaban J connectivity index is 2.49. The Hall–Kier alpha value is -1.68. The molecule has 0 spiro atoms. The number of aliphatic carboxylic acids is 1. The molecule has 0 amide bonds. The van der Waals surface area contributed by atoms with E-state index in [0.29, 0.717) is 21.7 Å². The molecule has 0 saturated carbocycles. The summed E-state index contributed by atoms with van der Waals surface area (Å²) < 4.78 is 0. The van der Waals surface area contributed by atoms with E-state index in [1.807, 2.05) is 0 Å². The summed E-state index contributed by atoms with van der Waals surface area (Å²) in [4.78, 5) is 18.6. The highest BCUT2D eigenvalue weighted by Crippen LogP contribution is 2.14. The molecule has 1 heterocycles. The Bertz CT molecular complexity index is 528. The summed E-state index contributed by atoms with van der Waals surface area (Å²) in [6.45, 7) is 0. The summed E-state index contributed by atoms with van der Waals surface area (Å²) in [7, 11) is 0. The number of halogens is 1. The number of carbonyl (C=O) groups is 1. The first-order valence-electron chi connectivity index (χ1n) is 4.28. The molecule has 0 aliphatic heterocycles. The van der Waals surface area contributed by atoms with Crippen LogP contribution in [0.5, 0.6) is 0 Å². The van der Waals surface area contributed by atoms with E-state index in [4.69, 9.17) is 16.7 Å². The fourth-order valence-electron chi connectivity index (χ4n) is 1.32. The fourth-order valence-corrected chi connectivity index (χ4v) is 1.46. The van der Waals surface area contributed by atoms with Gasteiger partial charge in [0.2, 0.25) is 0 Å². The van der Waals surface area contributed by atoms with Crippen LogP contribution < -0.4 is 0 Å². The van der Waals surface area contributed by atoms with Gasteiger partial charge >= 0.3 is 5.97 Å². The van der Waals surface area contributed by atoms with Crippen LogP contribution in [-0.4, -0.2) is 21.0 Å². The van der Waals surface area contributed by atoms with Crippen LogP contribution in [0.15, 0.2) is 24.4 Å². The Kier molecular flexibility index (Phi) is 2.51. The Labute approximate surface area is 90.5 Å². The predicted octanol–water partition coefficient (Wildman–Crippen LogP) is 1.91. The van der Waals surface area contributed by atoms with Crippen LogP contribution in [0.1, 0.15) is 5.56 Å². The normalized spacial score (nSPS) is 10.5. The van der Waals surface area contributed by atoms with Crippen LogP contribution in [0.4, 0.5) is 0 Å². The van der Waals surface area contributed by atoms with Gasteiger partial charge in [0.25, 0.3) is 0 Å². The summed E-state index contributed by atoms with van der Waals surface area (Å²) >= 11 is 5.69. The smallest absolute Gasteiger partial charge is 0.307 e. The quantitative estimate of drug-likeness (QED) is 0.843. The molecule has 1 aromatic carbocycles. The third-order valence-electron chi connectivity index (χ3n) is 1.93. The van der Waals surface area contributed by atoms with Crippen LogP contribution in [0.2, 0.25) is 5.15 Å². The highest BCUT2D eigenvalue weighted by Gasteiger charge is 2.03. The second kappa shape index (κ2) is 3.82. The van der Waals surface area contributed by atoms with Gasteiger partial charge in [0.15, 0.2) is 0 Å². The molecule has 0 radical (unpaired) electrons. The largest absolute Gasteiger partial charge is 0.481 e. The van der Waals surface area contributed by atoms with Crippen molar-refractivity contribution in [3.05, 3.63) is 35.1 Å². The molecule has 0 aliphatic carbocycles. The molecule has 0 fully saturated rings. The molecule has 1 aromatic heterocycles. The lowest BCUT2D eigenvalue weighted by Crippen LogP contribution is -2.00. The molecule has 0 atom stereocenters. The maximum Gasteiger partial charge on any atom is 0.307 e. The number of nitrogens with zero attached hydrogens (tertiary/aromatic N) is 2. The SMILES string of the molecule is O=C(O)Cc1ccc2ncc(Cl)nc2c1. The van der Waals surface area contributed by atoms with Crippen molar-refractivity contribution in [3.63, 3.8) is 0 Å². The molecule has 0 aliphatic rings. The molecule has 5 heteroatoms. The number of rotatable bonds is 2. The monoisotopic (exact) mass is 222 g/mol. The van der Waals surface area contributed by atoms with Crippen LogP contribution in [0.3, 0.4) is 0 Å². The maximum absolute atomic E-state index is 10.5. The number of benzene rings is 1. The first-order chi connectivity index (χ1) is 7.15. The highest BCUT2D eigenvalue weighted by molar-refractivity contribution is 6.29. The number of carboxylic acid groups (broad SMARTS) is 1. The number of aromatic nitrogens is 2. The van der Waals surface area contributed by atoms with Crippen LogP contribution >= 0.6 is 11.6 Å². The van der Waals surface area contributed by atoms with E-state index >= 15 is 0 Å². The second-order valence-corrected chi connectivity index (χ2v) is 3.47. The van der Waals surface area contributed by atoms with Crippen molar-refractivity contribution >= 4 is 28.6 Å². The van der Waals surface area contributed by atoms with Crippen molar-refractivity contribution in [2.75, 3.05) is 0 Å². The Morgan fingerprint density at radius 2 is 2.20 bits per heavy atom. The summed E-state index contributed by atoms with van der Waals surface area (Å²) in [5.74, 6) is -0.871. The van der Waals surface area contributed by atoms with Gasteiger partial charge in [-0.25, -0.2) is 4.98 Å². The number of fused-ring (bicyclic) bond motifs is 1. The molecular formula is C10H7ClN2O2. The summed E-state index contributed by atoms with van der Waals surface area (Å²) in [6, 6.07) is 5.14. The fraction of sp³-hybridized carbons (Fsp3) is 0.100. The minimum Gasteiger partial charge on any atom is -0.481 e. The standard InChI is InChI=1S/C10H7ClN2O2/c11-9-5-12-7-2-1-6(4-10(14)15)3-8(7)13-9/h1-3,5H,4H2,(H,14,15). The number of hydrogen-bond donors (Lipinski definition) is 1. The van der Waals surface area contributed by atoms with E-state index in [0.717, 1.165) is 0 Å². The van der Waals surface area contributed by atoms with Crippen molar-refractivity contribution in [2.24, 2.45) is 0 Å². The minimum atomic E-state index is -0.871. The van der Waals surface area contributed by atoms with Gasteiger partial charge in [0.1, 0.15) is 5.15 Å². The van der Waals surface area contributed by atoms with E-state index in [1.165, 1.54) is 6.20 Å². The molecule has 15 heavy (non-hydrogen) atoms. The molecule has 0 unspecified atom stereocenters. The second-order valence-electron chi connectivity index (χ2n) is 3.09. The lowest BCUT2D eigenvalue weighted by Gasteiger charge is -2.00. The predicted molar refractivity (Wildman–Crippen MR) is 55.9 cm³/mol. The van der Waals surface area contributed by atoms with E-state index in [-0.39, 0.29) is 6.42 Å². The molecule has 2 aromatic rings. The zero-order chi connectivity index (χ0) is 10.8. The zero-order valence-corrected chi connectivity index (χ0v) is 8.40. The zero-order valence-electron chi connectivity index (χ0n) is 7.64. The van der Waals surface area contributed by atoms with Gasteiger partial charge in [0.05, 0.1) is 23.7 Å². The lowest BCUT2D eigenvalue weighted by atomic mass is 10.1. The van der Waals surface area contributed by atoms with E-state index < -0.39 is 5.97 Å². The molecular weight excluding hydrogens is 216 g/mol. The van der Waals surface area contributed by atoms with Crippen LogP contribution in [-0.2, 0) is 11.2 Å². The maximum atomic E-state index is 10.5. The van der Waals surface area contributed by atoms with Gasteiger partial charge in [-0.15, -0.1) is 0 Å². The van der Waals surface area contributed by atoms with E-state index in [9.17, 15) is 4.79 Å². The summed E-state index contributed by atoms with van der Waals surface area (Å²) in [5, 5.41) is 8.93. The van der Waals surface area contributed by atoms with Crippen molar-refractivity contribution < 1.29 is 9.90 Å². The average molecular weight is 223 g/mol. The van der Waals surface area contributed by atoms with Crippen LogP contribution in [0, 0.1) is 0 Å². The first-order valence-corrected chi connectivity index (χ1v) is 4.66. The van der Waals surface area contributed by atoms with Crippen molar-refractivity contribution in [1.82, 2.24) is 9.97 Å². The molecule has 4 nitrogen and oxygen atoms in total. The minimum absolute atomic E-state index is 0.0237. The number of carboxylic acids is 1. The van der Waals surface area contributed by atoms with E-state index in [1.54, 1.807) is 18.2 Å². The number of hydrogen-bond acceptors (Lipinski definition) is 3. The molecule has 76 valence electrons. The third-order valence-corrected chi connectivity index (χ3v) is 2.11. The Morgan fingerprint density at radius 1 is 1.40 bits per heavy atom. The molecule has 0 saturated heterocycles. The average Bonchev–Trinajstić information content (AvgIpc) is 2.16. The van der Waals surface area contributed by atoms with Crippen LogP contribution in [0.25, 0.3) is 11.0 Å². The summed E-state index contributed by atoms with van der Waals surface area (Å²) in [6.07, 6.45) is 1.44. The molecule has 0 bridgehead atoms. The van der Waals surface area contributed by atoms with Gasteiger partial charge in [-0.2, -0.15) is 0 Å². The van der Waals surface area contributed by atoms with E-state index in [2.05, 4.69) is 9.97 Å². The van der Waals surface area contributed by atoms with Gasteiger partial charge in [-0.1, -0.05) is 17.7 Å². The lowest BCUT2D eigenvalue weighted by molar-refractivity contribution is -0.136.